The monoisotopic (exact) mass is 161 g/mol. The molecule has 0 N–H and O–H groups in total. The molecule has 3 nitrogen and oxygen atoms in total. The van der Waals surface area contributed by atoms with Gasteiger partial charge in [0.2, 0.25) is 0 Å². The zero-order valence-electron chi connectivity index (χ0n) is 7.28. The molecule has 0 aliphatic rings. The van der Waals surface area contributed by atoms with Crippen molar-refractivity contribution in [1.82, 2.24) is 0 Å². The average molecular weight is 161 g/mol. The fraction of sp³-hybridized carbons (Fsp3) is 0.333. The van der Waals surface area contributed by atoms with E-state index in [9.17, 15) is 0 Å². The van der Waals surface area contributed by atoms with Crippen LogP contribution in [0.25, 0.3) is 10.4 Å². The molecule has 1 rings (SSSR count). The molecule has 1 aromatic rings. The minimum Gasteiger partial charge on any atom is -0.0613 e. The zero-order valence-corrected chi connectivity index (χ0v) is 7.28. The maximum atomic E-state index is 8.29. The first-order chi connectivity index (χ1) is 5.77. The van der Waals surface area contributed by atoms with Crippen LogP contribution >= 0.6 is 0 Å². The predicted octanol–water partition coefficient (Wildman–Crippen LogP) is 3.50. The van der Waals surface area contributed by atoms with E-state index in [0.29, 0.717) is 0 Å². The van der Waals surface area contributed by atoms with Crippen LogP contribution in [0.1, 0.15) is 18.1 Å². The second-order valence-corrected chi connectivity index (χ2v) is 2.68. The maximum absolute atomic E-state index is 8.29. The molecule has 0 atom stereocenters. The third-order valence-electron chi connectivity index (χ3n) is 1.77. The van der Waals surface area contributed by atoms with E-state index in [0.717, 1.165) is 23.2 Å². The van der Waals surface area contributed by atoms with E-state index >= 15 is 0 Å². The molecule has 0 bridgehead atoms. The summed E-state index contributed by atoms with van der Waals surface area (Å²) in [7, 11) is 0. The normalized spacial score (nSPS) is 9.17. The summed E-state index contributed by atoms with van der Waals surface area (Å²) in [5.74, 6) is 0. The van der Waals surface area contributed by atoms with Gasteiger partial charge in [-0.25, -0.2) is 0 Å². The van der Waals surface area contributed by atoms with Crippen LogP contribution in [0.2, 0.25) is 0 Å². The molecule has 0 saturated heterocycles. The number of aryl methyl sites for hydroxylation is 2. The van der Waals surface area contributed by atoms with Gasteiger partial charge in [-0.1, -0.05) is 29.7 Å². The Bertz CT molecular complexity index is 325. The Kier molecular flexibility index (Phi) is 2.72. The van der Waals surface area contributed by atoms with Gasteiger partial charge in [0.25, 0.3) is 0 Å². The van der Waals surface area contributed by atoms with Gasteiger partial charge in [-0.15, -0.1) is 0 Å². The van der Waals surface area contributed by atoms with E-state index in [4.69, 9.17) is 5.53 Å². The number of hydrogen-bond acceptors (Lipinski definition) is 1. The van der Waals surface area contributed by atoms with Crippen LogP contribution in [0.3, 0.4) is 0 Å². The number of azide groups is 1. The minimum atomic E-state index is 0.750. The molecule has 0 aliphatic heterocycles. The zero-order chi connectivity index (χ0) is 8.97. The molecule has 0 aliphatic carbocycles. The first kappa shape index (κ1) is 8.62. The molecule has 0 aromatic heterocycles. The van der Waals surface area contributed by atoms with Crippen LogP contribution in [-0.2, 0) is 6.42 Å². The summed E-state index contributed by atoms with van der Waals surface area (Å²) in [5.41, 5.74) is 11.3. The van der Waals surface area contributed by atoms with Gasteiger partial charge in [-0.2, -0.15) is 0 Å². The van der Waals surface area contributed by atoms with Crippen molar-refractivity contribution in [3.05, 3.63) is 39.8 Å². The third-order valence-corrected chi connectivity index (χ3v) is 1.77. The molecule has 1 aromatic carbocycles. The third kappa shape index (κ3) is 1.77. The van der Waals surface area contributed by atoms with Crippen molar-refractivity contribution in [2.75, 3.05) is 0 Å². The highest BCUT2D eigenvalue weighted by Gasteiger charge is 1.97. The first-order valence-corrected chi connectivity index (χ1v) is 3.92. The van der Waals surface area contributed by atoms with Crippen LogP contribution in [-0.4, -0.2) is 0 Å². The number of benzene rings is 1. The molecular formula is C9H11N3. The lowest BCUT2D eigenvalue weighted by molar-refractivity contribution is 1.13. The SMILES string of the molecule is CCc1ccc(C)cc1N=[N+]=[N-]. The van der Waals surface area contributed by atoms with Crippen LogP contribution in [0, 0.1) is 6.92 Å². The molecule has 12 heavy (non-hydrogen) atoms. The van der Waals surface area contributed by atoms with Crippen molar-refractivity contribution in [3.8, 4) is 0 Å². The second kappa shape index (κ2) is 3.79. The fourth-order valence-electron chi connectivity index (χ4n) is 1.11. The quantitative estimate of drug-likeness (QED) is 0.362. The van der Waals surface area contributed by atoms with Crippen LogP contribution in [0.5, 0.6) is 0 Å². The lowest BCUT2D eigenvalue weighted by Gasteiger charge is -2.01. The van der Waals surface area contributed by atoms with E-state index in [1.165, 1.54) is 0 Å². The van der Waals surface area contributed by atoms with Crippen molar-refractivity contribution < 1.29 is 0 Å². The van der Waals surface area contributed by atoms with Crippen molar-refractivity contribution in [2.24, 2.45) is 5.11 Å². The lowest BCUT2D eigenvalue weighted by atomic mass is 10.1. The van der Waals surface area contributed by atoms with E-state index in [2.05, 4.69) is 10.0 Å². The van der Waals surface area contributed by atoms with Crippen LogP contribution in [0.15, 0.2) is 23.3 Å². The highest BCUT2D eigenvalue weighted by molar-refractivity contribution is 5.48. The summed E-state index contributed by atoms with van der Waals surface area (Å²) < 4.78 is 0. The summed E-state index contributed by atoms with van der Waals surface area (Å²) in [4.78, 5) is 2.78. The molecule has 0 heterocycles. The van der Waals surface area contributed by atoms with Crippen molar-refractivity contribution in [2.45, 2.75) is 20.3 Å². The average Bonchev–Trinajstić information content (AvgIpc) is 2.05. The Labute approximate surface area is 71.7 Å². The van der Waals surface area contributed by atoms with Crippen molar-refractivity contribution in [3.63, 3.8) is 0 Å². The van der Waals surface area contributed by atoms with Gasteiger partial charge in [0.1, 0.15) is 0 Å². The number of nitrogens with zero attached hydrogens (tertiary/aromatic N) is 3. The van der Waals surface area contributed by atoms with E-state index in [1.54, 1.807) is 0 Å². The first-order valence-electron chi connectivity index (χ1n) is 3.92. The Morgan fingerprint density at radius 1 is 1.50 bits per heavy atom. The highest BCUT2D eigenvalue weighted by Crippen LogP contribution is 2.21. The molecule has 0 unspecified atom stereocenters. The number of rotatable bonds is 2. The Morgan fingerprint density at radius 2 is 2.25 bits per heavy atom. The molecule has 3 heteroatoms. The Morgan fingerprint density at radius 3 is 2.83 bits per heavy atom. The summed E-state index contributed by atoms with van der Waals surface area (Å²) in [6.45, 7) is 4.02. The van der Waals surface area contributed by atoms with Gasteiger partial charge in [0, 0.05) is 10.6 Å². The molecule has 0 spiro atoms. The summed E-state index contributed by atoms with van der Waals surface area (Å²) >= 11 is 0. The van der Waals surface area contributed by atoms with Crippen molar-refractivity contribution >= 4 is 5.69 Å². The minimum absolute atomic E-state index is 0.750. The van der Waals surface area contributed by atoms with Gasteiger partial charge in [0.05, 0.1) is 0 Å². The van der Waals surface area contributed by atoms with Gasteiger partial charge in [-0.3, -0.25) is 0 Å². The van der Waals surface area contributed by atoms with Gasteiger partial charge in [0.15, 0.2) is 0 Å². The molecule has 0 saturated carbocycles. The predicted molar refractivity (Wildman–Crippen MR) is 49.4 cm³/mol. The van der Waals surface area contributed by atoms with Gasteiger partial charge >= 0.3 is 0 Å². The molecular weight excluding hydrogens is 150 g/mol. The summed E-state index contributed by atoms with van der Waals surface area (Å²) in [6, 6.07) is 5.92. The smallest absolute Gasteiger partial charge is 0.0409 e. The standard InChI is InChI=1S/C9H11N3/c1-3-8-5-4-7(2)6-9(8)11-12-10/h4-6H,3H2,1-2H3. The van der Waals surface area contributed by atoms with Gasteiger partial charge < -0.3 is 0 Å². The Balaban J connectivity index is 3.20. The van der Waals surface area contributed by atoms with Crippen molar-refractivity contribution in [1.29, 1.82) is 0 Å². The van der Waals surface area contributed by atoms with Crippen LogP contribution in [0.4, 0.5) is 5.69 Å². The molecule has 0 radical (unpaired) electrons. The second-order valence-electron chi connectivity index (χ2n) is 2.68. The largest absolute Gasteiger partial charge is 0.0613 e. The Hall–Kier alpha value is -1.47. The van der Waals surface area contributed by atoms with Crippen LogP contribution < -0.4 is 0 Å². The maximum Gasteiger partial charge on any atom is 0.0409 e. The summed E-state index contributed by atoms with van der Waals surface area (Å²) in [5, 5.41) is 3.62. The van der Waals surface area contributed by atoms with E-state index < -0.39 is 0 Å². The van der Waals surface area contributed by atoms with E-state index in [1.807, 2.05) is 32.0 Å². The molecule has 0 amide bonds. The highest BCUT2D eigenvalue weighted by atomic mass is 15.1. The van der Waals surface area contributed by atoms with E-state index in [-0.39, 0.29) is 0 Å². The molecule has 62 valence electrons. The number of hydrogen-bond donors (Lipinski definition) is 0. The lowest BCUT2D eigenvalue weighted by Crippen LogP contribution is -1.81. The summed E-state index contributed by atoms with van der Waals surface area (Å²) in [6.07, 6.45) is 0.897. The van der Waals surface area contributed by atoms with Gasteiger partial charge in [-0.05, 0) is 30.5 Å². The fourth-order valence-corrected chi connectivity index (χ4v) is 1.11. The topological polar surface area (TPSA) is 48.8 Å². The molecule has 0 fully saturated rings.